The fraction of sp³-hybridized carbons (Fsp3) is 0.318. The number of ketones is 1. The van der Waals surface area contributed by atoms with Gasteiger partial charge in [0, 0.05) is 28.8 Å². The van der Waals surface area contributed by atoms with Gasteiger partial charge in [0.1, 0.15) is 5.76 Å². The van der Waals surface area contributed by atoms with Gasteiger partial charge in [-0.25, -0.2) is 4.98 Å². The fourth-order valence-corrected chi connectivity index (χ4v) is 4.55. The van der Waals surface area contributed by atoms with Crippen molar-refractivity contribution >= 4 is 28.2 Å². The molecule has 1 amide bonds. The Balaban J connectivity index is 1.60. The normalized spacial score (nSPS) is 13.1. The van der Waals surface area contributed by atoms with Crippen LogP contribution in [-0.2, 0) is 6.42 Å². The summed E-state index contributed by atoms with van der Waals surface area (Å²) in [5.41, 5.74) is 2.77. The molecule has 0 bridgehead atoms. The molecule has 1 aliphatic carbocycles. The van der Waals surface area contributed by atoms with Crippen LogP contribution < -0.4 is 14.8 Å². The molecular weight excluding hydrogens is 404 g/mol. The van der Waals surface area contributed by atoms with Gasteiger partial charge in [0.05, 0.1) is 25.5 Å². The van der Waals surface area contributed by atoms with E-state index in [2.05, 4.69) is 10.3 Å². The third kappa shape index (κ3) is 3.47. The van der Waals surface area contributed by atoms with Gasteiger partial charge in [0.15, 0.2) is 28.2 Å². The van der Waals surface area contributed by atoms with Gasteiger partial charge in [0.25, 0.3) is 5.91 Å². The molecule has 0 radical (unpaired) electrons. The molecule has 0 fully saturated rings. The molecule has 0 atom stereocenters. The SMILES string of the molecule is COc1ccc(-c2nc(NC(=O)c3oc4c(c3C)C(=O)CCC4)sc2C)cc1OC. The molecule has 1 N–H and O–H groups in total. The van der Waals surface area contributed by atoms with Crippen LogP contribution in [0.1, 0.15) is 50.0 Å². The Morgan fingerprint density at radius 3 is 2.63 bits per heavy atom. The van der Waals surface area contributed by atoms with Gasteiger partial charge in [-0.2, -0.15) is 0 Å². The molecule has 1 aliphatic rings. The van der Waals surface area contributed by atoms with E-state index in [9.17, 15) is 9.59 Å². The van der Waals surface area contributed by atoms with Crippen LogP contribution in [0.4, 0.5) is 5.13 Å². The maximum absolute atomic E-state index is 12.8. The third-order valence-corrected chi connectivity index (χ3v) is 6.07. The number of furan rings is 1. The lowest BCUT2D eigenvalue weighted by Gasteiger charge is -2.08. The van der Waals surface area contributed by atoms with Crippen molar-refractivity contribution in [3.63, 3.8) is 0 Å². The highest BCUT2D eigenvalue weighted by atomic mass is 32.1. The number of benzene rings is 1. The Morgan fingerprint density at radius 1 is 1.17 bits per heavy atom. The maximum Gasteiger partial charge on any atom is 0.293 e. The Bertz CT molecular complexity index is 1140. The van der Waals surface area contributed by atoms with Crippen molar-refractivity contribution in [3.05, 3.63) is 45.7 Å². The van der Waals surface area contributed by atoms with Gasteiger partial charge in [-0.3, -0.25) is 14.9 Å². The minimum Gasteiger partial charge on any atom is -0.493 e. The number of nitrogens with one attached hydrogen (secondary N) is 1. The van der Waals surface area contributed by atoms with Crippen molar-refractivity contribution in [1.82, 2.24) is 4.98 Å². The van der Waals surface area contributed by atoms with E-state index in [0.29, 0.717) is 46.4 Å². The van der Waals surface area contributed by atoms with Crippen LogP contribution in [0.5, 0.6) is 11.5 Å². The van der Waals surface area contributed by atoms with Gasteiger partial charge in [-0.15, -0.1) is 11.3 Å². The third-order valence-electron chi connectivity index (χ3n) is 5.19. The molecule has 30 heavy (non-hydrogen) atoms. The first-order valence-corrected chi connectivity index (χ1v) is 10.4. The predicted octanol–water partition coefficient (Wildman–Crippen LogP) is 4.81. The second kappa shape index (κ2) is 7.95. The summed E-state index contributed by atoms with van der Waals surface area (Å²) in [6.07, 6.45) is 1.92. The number of anilines is 1. The number of aryl methyl sites for hydroxylation is 2. The van der Waals surface area contributed by atoms with E-state index in [1.165, 1.54) is 11.3 Å². The van der Waals surface area contributed by atoms with E-state index in [1.807, 2.05) is 25.1 Å². The molecule has 0 aliphatic heterocycles. The highest BCUT2D eigenvalue weighted by Crippen LogP contribution is 2.36. The highest BCUT2D eigenvalue weighted by Gasteiger charge is 2.29. The summed E-state index contributed by atoms with van der Waals surface area (Å²) in [4.78, 5) is 30.5. The number of hydrogen-bond donors (Lipinski definition) is 1. The lowest BCUT2D eigenvalue weighted by Crippen LogP contribution is -2.13. The lowest BCUT2D eigenvalue weighted by atomic mass is 9.94. The molecule has 3 aromatic rings. The Labute approximate surface area is 178 Å². The fourth-order valence-electron chi connectivity index (χ4n) is 3.72. The Hall–Kier alpha value is -3.13. The molecule has 4 rings (SSSR count). The second-order valence-corrected chi connectivity index (χ2v) is 8.28. The maximum atomic E-state index is 12.8. The number of amides is 1. The Morgan fingerprint density at radius 2 is 1.93 bits per heavy atom. The molecule has 156 valence electrons. The summed E-state index contributed by atoms with van der Waals surface area (Å²) >= 11 is 1.37. The van der Waals surface area contributed by atoms with E-state index in [-0.39, 0.29) is 11.5 Å². The summed E-state index contributed by atoms with van der Waals surface area (Å²) in [6, 6.07) is 5.56. The standard InChI is InChI=1S/C22H22N2O5S/c1-11-18-14(25)6-5-7-16(18)29-20(11)21(26)24-22-23-19(12(2)30-22)13-8-9-15(27-3)17(10-13)28-4/h8-10H,5-7H2,1-4H3,(H,23,24,26). The largest absolute Gasteiger partial charge is 0.493 e. The van der Waals surface area contributed by atoms with Crippen molar-refractivity contribution in [2.75, 3.05) is 19.5 Å². The first kappa shape index (κ1) is 20.2. The van der Waals surface area contributed by atoms with Crippen molar-refractivity contribution in [2.45, 2.75) is 33.1 Å². The predicted molar refractivity (Wildman–Crippen MR) is 114 cm³/mol. The molecule has 8 heteroatoms. The molecule has 2 heterocycles. The van der Waals surface area contributed by atoms with Gasteiger partial charge < -0.3 is 13.9 Å². The smallest absolute Gasteiger partial charge is 0.293 e. The van der Waals surface area contributed by atoms with E-state index in [4.69, 9.17) is 13.9 Å². The molecular formula is C22H22N2O5S. The minimum absolute atomic E-state index is 0.0392. The molecule has 1 aromatic carbocycles. The summed E-state index contributed by atoms with van der Waals surface area (Å²) in [7, 11) is 3.17. The van der Waals surface area contributed by atoms with E-state index >= 15 is 0 Å². The van der Waals surface area contributed by atoms with Crippen LogP contribution in [-0.4, -0.2) is 30.9 Å². The van der Waals surface area contributed by atoms with Crippen LogP contribution in [0, 0.1) is 13.8 Å². The monoisotopic (exact) mass is 426 g/mol. The van der Waals surface area contributed by atoms with Crippen LogP contribution >= 0.6 is 11.3 Å². The first-order chi connectivity index (χ1) is 14.4. The summed E-state index contributed by atoms with van der Waals surface area (Å²) in [5, 5.41) is 3.27. The quantitative estimate of drug-likeness (QED) is 0.630. The average molecular weight is 426 g/mol. The number of aromatic nitrogens is 1. The summed E-state index contributed by atoms with van der Waals surface area (Å²) in [5.74, 6) is 1.66. The van der Waals surface area contributed by atoms with Gasteiger partial charge in [-0.05, 0) is 38.5 Å². The molecule has 7 nitrogen and oxygen atoms in total. The number of methoxy groups -OCH3 is 2. The van der Waals surface area contributed by atoms with Crippen molar-refractivity contribution < 1.29 is 23.5 Å². The van der Waals surface area contributed by atoms with E-state index in [0.717, 1.165) is 22.6 Å². The van der Waals surface area contributed by atoms with Crippen molar-refractivity contribution in [3.8, 4) is 22.8 Å². The number of hydrogen-bond acceptors (Lipinski definition) is 7. The molecule has 0 saturated heterocycles. The van der Waals surface area contributed by atoms with E-state index < -0.39 is 5.91 Å². The molecule has 0 spiro atoms. The topological polar surface area (TPSA) is 90.7 Å². The number of rotatable bonds is 5. The van der Waals surface area contributed by atoms with Crippen LogP contribution in [0.15, 0.2) is 22.6 Å². The number of carbonyl (C=O) groups excluding carboxylic acids is 2. The van der Waals surface area contributed by atoms with Crippen molar-refractivity contribution in [1.29, 1.82) is 0 Å². The number of fused-ring (bicyclic) bond motifs is 1. The van der Waals surface area contributed by atoms with E-state index in [1.54, 1.807) is 21.1 Å². The van der Waals surface area contributed by atoms with Crippen LogP contribution in [0.2, 0.25) is 0 Å². The number of Topliss-reactive ketones (excluding diaryl/α,β-unsaturated/α-hetero) is 1. The average Bonchev–Trinajstić information content (AvgIpc) is 3.27. The second-order valence-electron chi connectivity index (χ2n) is 7.08. The van der Waals surface area contributed by atoms with Gasteiger partial charge in [0.2, 0.25) is 0 Å². The lowest BCUT2D eigenvalue weighted by molar-refractivity contribution is 0.0963. The zero-order chi connectivity index (χ0) is 21.4. The zero-order valence-electron chi connectivity index (χ0n) is 17.3. The minimum atomic E-state index is -0.401. The van der Waals surface area contributed by atoms with Crippen LogP contribution in [0.3, 0.4) is 0 Å². The summed E-state index contributed by atoms with van der Waals surface area (Å²) in [6.45, 7) is 3.69. The number of nitrogens with zero attached hydrogens (tertiary/aromatic N) is 1. The number of ether oxygens (including phenoxy) is 2. The van der Waals surface area contributed by atoms with Crippen molar-refractivity contribution in [2.24, 2.45) is 0 Å². The Kier molecular flexibility index (Phi) is 5.34. The molecule has 0 unspecified atom stereocenters. The molecule has 0 saturated carbocycles. The first-order valence-electron chi connectivity index (χ1n) is 9.59. The zero-order valence-corrected chi connectivity index (χ0v) is 18.1. The number of thiazole rings is 1. The van der Waals surface area contributed by atoms with Gasteiger partial charge in [-0.1, -0.05) is 0 Å². The summed E-state index contributed by atoms with van der Waals surface area (Å²) < 4.78 is 16.4. The molecule has 2 aromatic heterocycles. The van der Waals surface area contributed by atoms with Gasteiger partial charge >= 0.3 is 0 Å². The van der Waals surface area contributed by atoms with Crippen LogP contribution in [0.25, 0.3) is 11.3 Å². The highest BCUT2D eigenvalue weighted by molar-refractivity contribution is 7.16. The number of carbonyl (C=O) groups is 2.